The molecule has 0 aliphatic carbocycles. The number of hydrogen-bond donors (Lipinski definition) is 0. The standard InChI is InChI=1S/C38H76O2/c1-7-9-11-13-15-20-24-28-32-37(3,4)33-29-25-21-18-17-19-22-26-30-34-38(5,6)36(39)40-35-31-27-23-16-14-12-10-8-2/h7-35H2,1-6H3. The molecular formula is C38H76O2. The van der Waals surface area contributed by atoms with Crippen molar-refractivity contribution in [2.45, 2.75) is 221 Å². The molecule has 0 bridgehead atoms. The Bertz CT molecular complexity index is 536. The van der Waals surface area contributed by atoms with Crippen LogP contribution in [0, 0.1) is 10.8 Å². The first-order valence-electron chi connectivity index (χ1n) is 18.4. The summed E-state index contributed by atoms with van der Waals surface area (Å²) in [5, 5.41) is 0. The van der Waals surface area contributed by atoms with Crippen LogP contribution in [0.1, 0.15) is 221 Å². The fourth-order valence-electron chi connectivity index (χ4n) is 5.97. The fraction of sp³-hybridized carbons (Fsp3) is 0.974. The van der Waals surface area contributed by atoms with Crippen LogP contribution < -0.4 is 0 Å². The second kappa shape index (κ2) is 27.3. The third-order valence-electron chi connectivity index (χ3n) is 9.15. The van der Waals surface area contributed by atoms with Gasteiger partial charge in [0.15, 0.2) is 0 Å². The maximum Gasteiger partial charge on any atom is 0.311 e. The van der Waals surface area contributed by atoms with Crippen LogP contribution in [-0.2, 0) is 9.53 Å². The Kier molecular flexibility index (Phi) is 27.0. The molecule has 0 radical (unpaired) electrons. The predicted octanol–water partition coefficient (Wildman–Crippen LogP) is 13.5. The number of carbonyl (C=O) groups is 1. The van der Waals surface area contributed by atoms with Gasteiger partial charge < -0.3 is 4.74 Å². The van der Waals surface area contributed by atoms with Gasteiger partial charge in [-0.25, -0.2) is 0 Å². The van der Waals surface area contributed by atoms with Gasteiger partial charge in [0.25, 0.3) is 0 Å². The summed E-state index contributed by atoms with van der Waals surface area (Å²) >= 11 is 0. The van der Waals surface area contributed by atoms with Crippen LogP contribution in [-0.4, -0.2) is 12.6 Å². The SMILES string of the molecule is CCCCCCCCCCOC(=O)C(C)(C)CCCCCCCCCCCC(C)(C)CCCCCCCCCC. The van der Waals surface area contributed by atoms with Crippen molar-refractivity contribution in [3.05, 3.63) is 0 Å². The van der Waals surface area contributed by atoms with E-state index in [0.29, 0.717) is 12.0 Å². The van der Waals surface area contributed by atoms with Crippen molar-refractivity contribution in [2.75, 3.05) is 6.61 Å². The summed E-state index contributed by atoms with van der Waals surface area (Å²) in [7, 11) is 0. The van der Waals surface area contributed by atoms with Crippen molar-refractivity contribution in [3.8, 4) is 0 Å². The van der Waals surface area contributed by atoms with Gasteiger partial charge in [-0.1, -0.05) is 182 Å². The quantitative estimate of drug-likeness (QED) is 0.0618. The molecule has 0 aromatic carbocycles. The van der Waals surface area contributed by atoms with Crippen LogP contribution in [0.4, 0.5) is 0 Å². The zero-order valence-electron chi connectivity index (χ0n) is 28.8. The van der Waals surface area contributed by atoms with E-state index in [2.05, 4.69) is 41.5 Å². The molecule has 0 aliphatic heterocycles. The van der Waals surface area contributed by atoms with Crippen molar-refractivity contribution < 1.29 is 9.53 Å². The minimum absolute atomic E-state index is 0.0106. The number of carbonyl (C=O) groups excluding carboxylic acids is 1. The number of esters is 1. The molecule has 0 rings (SSSR count). The third-order valence-corrected chi connectivity index (χ3v) is 9.15. The summed E-state index contributed by atoms with van der Waals surface area (Å²) in [5.74, 6) is 0.0106. The smallest absolute Gasteiger partial charge is 0.311 e. The van der Waals surface area contributed by atoms with E-state index in [1.807, 2.05) is 0 Å². The van der Waals surface area contributed by atoms with Crippen molar-refractivity contribution in [3.63, 3.8) is 0 Å². The molecule has 2 heteroatoms. The lowest BCUT2D eigenvalue weighted by atomic mass is 9.81. The van der Waals surface area contributed by atoms with E-state index >= 15 is 0 Å². The molecule has 0 fully saturated rings. The first-order valence-corrected chi connectivity index (χ1v) is 18.4. The number of unbranched alkanes of at least 4 members (excludes halogenated alkanes) is 22. The van der Waals surface area contributed by atoms with E-state index in [1.165, 1.54) is 161 Å². The van der Waals surface area contributed by atoms with E-state index in [-0.39, 0.29) is 11.4 Å². The van der Waals surface area contributed by atoms with Gasteiger partial charge in [0.2, 0.25) is 0 Å². The molecule has 0 saturated carbocycles. The average molecular weight is 565 g/mol. The monoisotopic (exact) mass is 565 g/mol. The lowest BCUT2D eigenvalue weighted by Crippen LogP contribution is -2.27. The highest BCUT2D eigenvalue weighted by Gasteiger charge is 2.28. The van der Waals surface area contributed by atoms with Crippen LogP contribution in [0.25, 0.3) is 0 Å². The molecule has 0 unspecified atom stereocenters. The molecule has 0 amide bonds. The van der Waals surface area contributed by atoms with Gasteiger partial charge in [-0.2, -0.15) is 0 Å². The predicted molar refractivity (Wildman–Crippen MR) is 179 cm³/mol. The molecule has 0 atom stereocenters. The second-order valence-corrected chi connectivity index (χ2v) is 14.6. The van der Waals surface area contributed by atoms with Crippen LogP contribution >= 0.6 is 0 Å². The molecule has 0 N–H and O–H groups in total. The molecule has 40 heavy (non-hydrogen) atoms. The molecule has 0 aromatic rings. The Labute approximate surface area is 254 Å². The number of rotatable bonds is 31. The highest BCUT2D eigenvalue weighted by Crippen LogP contribution is 2.31. The van der Waals surface area contributed by atoms with Crippen LogP contribution in [0.15, 0.2) is 0 Å². The van der Waals surface area contributed by atoms with Crippen LogP contribution in [0.5, 0.6) is 0 Å². The van der Waals surface area contributed by atoms with E-state index in [0.717, 1.165) is 19.3 Å². The molecule has 0 heterocycles. The minimum Gasteiger partial charge on any atom is -0.465 e. The molecule has 0 spiro atoms. The highest BCUT2D eigenvalue weighted by atomic mass is 16.5. The van der Waals surface area contributed by atoms with Crippen molar-refractivity contribution >= 4 is 5.97 Å². The van der Waals surface area contributed by atoms with Crippen LogP contribution in [0.2, 0.25) is 0 Å². The van der Waals surface area contributed by atoms with E-state index < -0.39 is 0 Å². The van der Waals surface area contributed by atoms with Crippen molar-refractivity contribution in [1.29, 1.82) is 0 Å². The Morgan fingerprint density at radius 3 is 1.10 bits per heavy atom. The van der Waals surface area contributed by atoms with Gasteiger partial charge in [-0.3, -0.25) is 4.79 Å². The zero-order valence-corrected chi connectivity index (χ0v) is 28.8. The topological polar surface area (TPSA) is 26.3 Å². The molecule has 0 aliphatic rings. The highest BCUT2D eigenvalue weighted by molar-refractivity contribution is 5.75. The maximum atomic E-state index is 12.5. The molecule has 0 aromatic heterocycles. The minimum atomic E-state index is -0.331. The lowest BCUT2D eigenvalue weighted by molar-refractivity contribution is -0.154. The van der Waals surface area contributed by atoms with Gasteiger partial charge in [0, 0.05) is 0 Å². The number of ether oxygens (including phenoxy) is 1. The third kappa shape index (κ3) is 26.4. The maximum absolute atomic E-state index is 12.5. The van der Waals surface area contributed by atoms with Gasteiger partial charge in [-0.15, -0.1) is 0 Å². The first-order chi connectivity index (χ1) is 19.2. The number of hydrogen-bond acceptors (Lipinski definition) is 2. The first kappa shape index (κ1) is 39.5. The van der Waals surface area contributed by atoms with Gasteiger partial charge in [0.05, 0.1) is 12.0 Å². The summed E-state index contributed by atoms with van der Waals surface area (Å²) in [6.07, 6.45) is 37.5. The van der Waals surface area contributed by atoms with Gasteiger partial charge in [0.1, 0.15) is 0 Å². The summed E-state index contributed by atoms with van der Waals surface area (Å²) in [6.45, 7) is 14.3. The summed E-state index contributed by atoms with van der Waals surface area (Å²) in [5.41, 5.74) is 0.206. The van der Waals surface area contributed by atoms with Crippen LogP contribution in [0.3, 0.4) is 0 Å². The summed E-state index contributed by atoms with van der Waals surface area (Å²) in [4.78, 5) is 12.5. The average Bonchev–Trinajstić information content (AvgIpc) is 2.92. The van der Waals surface area contributed by atoms with Crippen molar-refractivity contribution in [1.82, 2.24) is 0 Å². The Balaban J connectivity index is 3.56. The zero-order chi connectivity index (χ0) is 29.8. The molecular weight excluding hydrogens is 488 g/mol. The van der Waals surface area contributed by atoms with Crippen molar-refractivity contribution in [2.24, 2.45) is 10.8 Å². The van der Waals surface area contributed by atoms with E-state index in [4.69, 9.17) is 4.74 Å². The lowest BCUT2D eigenvalue weighted by Gasteiger charge is -2.24. The Morgan fingerprint density at radius 1 is 0.425 bits per heavy atom. The van der Waals surface area contributed by atoms with E-state index in [1.54, 1.807) is 0 Å². The second-order valence-electron chi connectivity index (χ2n) is 14.6. The van der Waals surface area contributed by atoms with E-state index in [9.17, 15) is 4.79 Å². The molecule has 0 saturated heterocycles. The molecule has 2 nitrogen and oxygen atoms in total. The Morgan fingerprint density at radius 2 is 0.725 bits per heavy atom. The van der Waals surface area contributed by atoms with Gasteiger partial charge >= 0.3 is 5.97 Å². The largest absolute Gasteiger partial charge is 0.465 e. The summed E-state index contributed by atoms with van der Waals surface area (Å²) < 4.78 is 5.62. The fourth-order valence-corrected chi connectivity index (χ4v) is 5.97. The normalized spacial score (nSPS) is 12.2. The molecule has 240 valence electrons. The Hall–Kier alpha value is -0.530. The van der Waals surface area contributed by atoms with Gasteiger partial charge in [-0.05, 0) is 44.9 Å². The summed E-state index contributed by atoms with van der Waals surface area (Å²) in [6, 6.07) is 0.